The minimum atomic E-state index is -0.0873. The first-order valence-electron chi connectivity index (χ1n) is 7.67. The van der Waals surface area contributed by atoms with Crippen molar-refractivity contribution < 1.29 is 9.63 Å². The number of nitrogens with zero attached hydrogens (tertiary/aromatic N) is 1. The molecule has 0 aromatic heterocycles. The van der Waals surface area contributed by atoms with Gasteiger partial charge in [0, 0.05) is 6.04 Å². The molecule has 0 spiro atoms. The van der Waals surface area contributed by atoms with Crippen molar-refractivity contribution in [1.29, 1.82) is 0 Å². The van der Waals surface area contributed by atoms with E-state index in [1.165, 1.54) is 19.3 Å². The van der Waals surface area contributed by atoms with E-state index in [1.807, 2.05) is 31.2 Å². The predicted molar refractivity (Wildman–Crippen MR) is 84.3 cm³/mol. The molecule has 21 heavy (non-hydrogen) atoms. The summed E-state index contributed by atoms with van der Waals surface area (Å²) in [5, 5.41) is 6.91. The molecule has 0 aliphatic heterocycles. The molecule has 0 heterocycles. The Kier molecular flexibility index (Phi) is 5.78. The molecular weight excluding hydrogens is 264 g/mol. The van der Waals surface area contributed by atoms with Gasteiger partial charge in [-0.1, -0.05) is 49.2 Å². The van der Waals surface area contributed by atoms with E-state index in [2.05, 4.69) is 17.4 Å². The number of carbonyl (C=O) groups is 1. The molecule has 1 N–H and O–H groups in total. The lowest BCUT2D eigenvalue weighted by Gasteiger charge is -2.29. The number of rotatable bonds is 5. The van der Waals surface area contributed by atoms with Crippen molar-refractivity contribution in [3.63, 3.8) is 0 Å². The largest absolute Gasteiger partial charge is 0.386 e. The second kappa shape index (κ2) is 7.81. The third kappa shape index (κ3) is 4.88. The van der Waals surface area contributed by atoms with Crippen molar-refractivity contribution in [1.82, 2.24) is 5.32 Å². The number of hydrogen-bond acceptors (Lipinski definition) is 3. The van der Waals surface area contributed by atoms with Crippen LogP contribution < -0.4 is 5.32 Å². The van der Waals surface area contributed by atoms with Gasteiger partial charge < -0.3 is 10.2 Å². The maximum atomic E-state index is 11.8. The summed E-state index contributed by atoms with van der Waals surface area (Å²) in [5.41, 5.74) is 2.13. The minimum Gasteiger partial charge on any atom is -0.386 e. The van der Waals surface area contributed by atoms with Gasteiger partial charge in [-0.2, -0.15) is 0 Å². The summed E-state index contributed by atoms with van der Waals surface area (Å²) in [6.45, 7) is 4.19. The van der Waals surface area contributed by atoms with Gasteiger partial charge in [-0.15, -0.1) is 0 Å². The molecule has 1 aliphatic carbocycles. The highest BCUT2D eigenvalue weighted by Gasteiger charge is 2.22. The normalized spacial score (nSPS) is 22.2. The number of carbonyl (C=O) groups excluding carboxylic acids is 1. The Hall–Kier alpha value is -1.84. The van der Waals surface area contributed by atoms with Crippen LogP contribution >= 0.6 is 0 Å². The van der Waals surface area contributed by atoms with Gasteiger partial charge in [-0.3, -0.25) is 4.79 Å². The summed E-state index contributed by atoms with van der Waals surface area (Å²) in [4.78, 5) is 16.9. The summed E-state index contributed by atoms with van der Waals surface area (Å²) < 4.78 is 0. The summed E-state index contributed by atoms with van der Waals surface area (Å²) in [7, 11) is 0. The third-order valence-electron chi connectivity index (χ3n) is 4.11. The molecule has 114 valence electrons. The van der Waals surface area contributed by atoms with Crippen LogP contribution in [0.25, 0.3) is 0 Å². The summed E-state index contributed by atoms with van der Waals surface area (Å²) in [6, 6.07) is 8.19. The Morgan fingerprint density at radius 3 is 2.90 bits per heavy atom. The zero-order valence-electron chi connectivity index (χ0n) is 12.8. The highest BCUT2D eigenvalue weighted by atomic mass is 16.6. The highest BCUT2D eigenvalue weighted by molar-refractivity contribution is 5.81. The number of benzene rings is 1. The monoisotopic (exact) mass is 288 g/mol. The summed E-state index contributed by atoms with van der Waals surface area (Å²) in [5.74, 6) is 0.467. The first-order chi connectivity index (χ1) is 10.2. The molecule has 4 nitrogen and oxygen atoms in total. The fraction of sp³-hybridized carbons (Fsp3) is 0.529. The van der Waals surface area contributed by atoms with E-state index in [9.17, 15) is 4.79 Å². The molecule has 1 aromatic carbocycles. The van der Waals surface area contributed by atoms with Crippen molar-refractivity contribution in [3.05, 3.63) is 35.4 Å². The van der Waals surface area contributed by atoms with Gasteiger partial charge in [0.15, 0.2) is 6.61 Å². The number of nitrogens with one attached hydrogen (secondary N) is 1. The molecule has 1 saturated carbocycles. The molecule has 1 fully saturated rings. The molecule has 4 heteroatoms. The Labute approximate surface area is 126 Å². The number of aryl methyl sites for hydroxylation is 1. The number of oxime groups is 1. The average Bonchev–Trinajstić information content (AvgIpc) is 2.48. The van der Waals surface area contributed by atoms with Gasteiger partial charge in [0.2, 0.25) is 0 Å². The van der Waals surface area contributed by atoms with Crippen LogP contribution in [-0.2, 0) is 9.63 Å². The van der Waals surface area contributed by atoms with Crippen LogP contribution in [0.15, 0.2) is 29.4 Å². The predicted octanol–water partition coefficient (Wildman–Crippen LogP) is 3.04. The Bertz CT molecular complexity index is 499. The van der Waals surface area contributed by atoms with E-state index in [-0.39, 0.29) is 18.6 Å². The maximum Gasteiger partial charge on any atom is 0.261 e. The average molecular weight is 288 g/mol. The molecule has 2 atom stereocenters. The van der Waals surface area contributed by atoms with Crippen molar-refractivity contribution in [2.75, 3.05) is 6.61 Å². The van der Waals surface area contributed by atoms with Crippen LogP contribution in [0.5, 0.6) is 0 Å². The van der Waals surface area contributed by atoms with Gasteiger partial charge in [-0.05, 0) is 36.8 Å². The SMILES string of the molecule is Cc1ccccc1/C=N\OCC(=O)N[C@@H]1CCCC[C@@H]1C. The second-order valence-corrected chi connectivity index (χ2v) is 5.80. The topological polar surface area (TPSA) is 50.7 Å². The molecule has 1 aromatic rings. The number of amides is 1. The fourth-order valence-electron chi connectivity index (χ4n) is 2.70. The Balaban J connectivity index is 1.73. The molecule has 1 amide bonds. The van der Waals surface area contributed by atoms with Gasteiger partial charge >= 0.3 is 0 Å². The smallest absolute Gasteiger partial charge is 0.261 e. The lowest BCUT2D eigenvalue weighted by Crippen LogP contribution is -2.42. The van der Waals surface area contributed by atoms with E-state index >= 15 is 0 Å². The summed E-state index contributed by atoms with van der Waals surface area (Å²) >= 11 is 0. The quantitative estimate of drug-likeness (QED) is 0.669. The second-order valence-electron chi connectivity index (χ2n) is 5.80. The zero-order valence-corrected chi connectivity index (χ0v) is 12.8. The molecule has 1 aliphatic rings. The standard InChI is InChI=1S/C17H24N2O2/c1-13-7-3-5-9-15(13)11-18-21-12-17(20)19-16-10-6-4-8-14(16)2/h3,5,7,9,11,14,16H,4,6,8,10,12H2,1-2H3,(H,19,20)/b18-11-/t14-,16+/m0/s1. The molecule has 0 radical (unpaired) electrons. The van der Waals surface area contributed by atoms with Crippen molar-refractivity contribution in [2.45, 2.75) is 45.6 Å². The Morgan fingerprint density at radius 1 is 1.38 bits per heavy atom. The lowest BCUT2D eigenvalue weighted by atomic mass is 9.86. The molecular formula is C17H24N2O2. The molecule has 0 unspecified atom stereocenters. The van der Waals surface area contributed by atoms with E-state index in [4.69, 9.17) is 4.84 Å². The first-order valence-corrected chi connectivity index (χ1v) is 7.67. The Morgan fingerprint density at radius 2 is 2.14 bits per heavy atom. The van der Waals surface area contributed by atoms with E-state index in [0.29, 0.717) is 5.92 Å². The van der Waals surface area contributed by atoms with Crippen molar-refractivity contribution in [2.24, 2.45) is 11.1 Å². The van der Waals surface area contributed by atoms with Crippen LogP contribution in [0.4, 0.5) is 0 Å². The van der Waals surface area contributed by atoms with Crippen LogP contribution in [0.1, 0.15) is 43.7 Å². The van der Waals surface area contributed by atoms with E-state index < -0.39 is 0 Å². The van der Waals surface area contributed by atoms with Crippen LogP contribution in [-0.4, -0.2) is 24.8 Å². The highest BCUT2D eigenvalue weighted by Crippen LogP contribution is 2.23. The van der Waals surface area contributed by atoms with Crippen LogP contribution in [0, 0.1) is 12.8 Å². The van der Waals surface area contributed by atoms with Gasteiger partial charge in [0.1, 0.15) is 0 Å². The zero-order chi connectivity index (χ0) is 15.1. The fourth-order valence-corrected chi connectivity index (χ4v) is 2.70. The minimum absolute atomic E-state index is 0.0222. The third-order valence-corrected chi connectivity index (χ3v) is 4.11. The molecule has 2 rings (SSSR count). The van der Waals surface area contributed by atoms with Gasteiger partial charge in [0.25, 0.3) is 5.91 Å². The molecule has 0 bridgehead atoms. The number of hydrogen-bond donors (Lipinski definition) is 1. The van der Waals surface area contributed by atoms with E-state index in [0.717, 1.165) is 17.5 Å². The maximum absolute atomic E-state index is 11.8. The van der Waals surface area contributed by atoms with Crippen molar-refractivity contribution in [3.8, 4) is 0 Å². The van der Waals surface area contributed by atoms with Gasteiger partial charge in [0.05, 0.1) is 6.21 Å². The van der Waals surface area contributed by atoms with Crippen LogP contribution in [0.2, 0.25) is 0 Å². The summed E-state index contributed by atoms with van der Waals surface area (Å²) in [6.07, 6.45) is 6.37. The molecule has 0 saturated heterocycles. The van der Waals surface area contributed by atoms with Gasteiger partial charge in [-0.25, -0.2) is 0 Å². The van der Waals surface area contributed by atoms with Crippen LogP contribution in [0.3, 0.4) is 0 Å². The van der Waals surface area contributed by atoms with Crippen molar-refractivity contribution >= 4 is 12.1 Å². The van der Waals surface area contributed by atoms with E-state index in [1.54, 1.807) is 6.21 Å². The first kappa shape index (κ1) is 15.5. The lowest BCUT2D eigenvalue weighted by molar-refractivity contribution is -0.126.